The van der Waals surface area contributed by atoms with E-state index in [1.807, 2.05) is 38.1 Å². The fraction of sp³-hybridized carbons (Fsp3) is 0.435. The number of carboxylic acids is 1. The van der Waals surface area contributed by atoms with Crippen LogP contribution in [-0.2, 0) is 4.79 Å². The maximum absolute atomic E-state index is 12.6. The lowest BCUT2D eigenvalue weighted by molar-refractivity contribution is -0.148. The summed E-state index contributed by atoms with van der Waals surface area (Å²) < 4.78 is 0. The normalized spacial score (nSPS) is 13.8. The summed E-state index contributed by atoms with van der Waals surface area (Å²) in [4.78, 5) is 28.8. The third kappa shape index (κ3) is 6.53. The Kier molecular flexibility index (Phi) is 7.73. The number of rotatable bonds is 9. The predicted molar refractivity (Wildman–Crippen MR) is 119 cm³/mol. The van der Waals surface area contributed by atoms with Crippen LogP contribution in [0.15, 0.2) is 29.6 Å². The van der Waals surface area contributed by atoms with Crippen LogP contribution in [0.4, 0.5) is 0 Å². The van der Waals surface area contributed by atoms with Crippen LogP contribution >= 0.6 is 11.3 Å². The quantitative estimate of drug-likeness (QED) is 0.583. The van der Waals surface area contributed by atoms with Crippen LogP contribution in [0.5, 0.6) is 0 Å². The topological polar surface area (TPSA) is 79.3 Å². The van der Waals surface area contributed by atoms with E-state index in [9.17, 15) is 14.7 Å². The molecule has 6 heteroatoms. The molecule has 1 unspecified atom stereocenters. The number of carbonyl (C=O) groups excluding carboxylic acids is 1. The highest BCUT2D eigenvalue weighted by atomic mass is 32.1. The maximum Gasteiger partial charge on any atom is 0.311 e. The summed E-state index contributed by atoms with van der Waals surface area (Å²) in [6.07, 6.45) is 4.37. The number of carbonyl (C=O) groups is 2. The highest BCUT2D eigenvalue weighted by molar-refractivity contribution is 7.10. The predicted octanol–water partition coefficient (Wildman–Crippen LogP) is 5.30. The lowest BCUT2D eigenvalue weighted by Crippen LogP contribution is -2.41. The fourth-order valence-corrected chi connectivity index (χ4v) is 3.98. The van der Waals surface area contributed by atoms with E-state index in [1.54, 1.807) is 30.4 Å². The minimum atomic E-state index is -0.986. The summed E-state index contributed by atoms with van der Waals surface area (Å²) in [7, 11) is 0. The second kappa shape index (κ2) is 9.83. The van der Waals surface area contributed by atoms with Crippen molar-refractivity contribution < 1.29 is 14.7 Å². The van der Waals surface area contributed by atoms with Gasteiger partial charge in [-0.15, -0.1) is 11.3 Å². The third-order valence-electron chi connectivity index (χ3n) is 4.71. The first kappa shape index (κ1) is 22.8. The number of thiazole rings is 1. The van der Waals surface area contributed by atoms with Crippen molar-refractivity contribution in [2.24, 2.45) is 11.3 Å². The van der Waals surface area contributed by atoms with Gasteiger partial charge in [0.05, 0.1) is 11.1 Å². The zero-order valence-corrected chi connectivity index (χ0v) is 18.5. The number of carboxylic acid groups (broad SMARTS) is 1. The Labute approximate surface area is 176 Å². The lowest BCUT2D eigenvalue weighted by Gasteiger charge is -2.27. The van der Waals surface area contributed by atoms with Gasteiger partial charge in [-0.3, -0.25) is 9.59 Å². The molecule has 1 aromatic heterocycles. The van der Waals surface area contributed by atoms with Crippen molar-refractivity contribution in [1.29, 1.82) is 0 Å². The van der Waals surface area contributed by atoms with Gasteiger partial charge in [0.1, 0.15) is 5.01 Å². The van der Waals surface area contributed by atoms with Gasteiger partial charge in [0.25, 0.3) is 5.91 Å². The van der Waals surface area contributed by atoms with Gasteiger partial charge in [0.2, 0.25) is 0 Å². The van der Waals surface area contributed by atoms with Crippen molar-refractivity contribution in [1.82, 2.24) is 10.3 Å². The Hall–Kier alpha value is -2.47. The van der Waals surface area contributed by atoms with E-state index < -0.39 is 11.4 Å². The first-order chi connectivity index (χ1) is 13.6. The Balaban J connectivity index is 2.06. The molecule has 2 aromatic rings. The minimum Gasteiger partial charge on any atom is -0.481 e. The van der Waals surface area contributed by atoms with E-state index >= 15 is 0 Å². The van der Waals surface area contributed by atoms with E-state index in [1.165, 1.54) is 0 Å². The standard InChI is InChI=1S/C23H30N2O3S/c1-15(2)12-23(5,22(27)28)14-24-21(26)18-8-6-7-17(11-18)9-10-20-25-19(13-29-20)16(3)4/h6-11,13,15-16H,12,14H2,1-5H3,(H,24,26)(H,27,28). The summed E-state index contributed by atoms with van der Waals surface area (Å²) in [5.41, 5.74) is 1.49. The molecule has 0 aliphatic carbocycles. The largest absolute Gasteiger partial charge is 0.481 e. The van der Waals surface area contributed by atoms with Gasteiger partial charge in [-0.2, -0.15) is 0 Å². The van der Waals surface area contributed by atoms with Crippen molar-refractivity contribution in [3.63, 3.8) is 0 Å². The zero-order chi connectivity index (χ0) is 21.6. The second-order valence-electron chi connectivity index (χ2n) is 8.37. The molecule has 0 saturated heterocycles. The fourth-order valence-electron chi connectivity index (χ4n) is 3.11. The number of hydrogen-bond acceptors (Lipinski definition) is 4. The summed E-state index contributed by atoms with van der Waals surface area (Å²) in [6.45, 7) is 9.95. The molecule has 156 valence electrons. The average molecular weight is 415 g/mol. The number of benzene rings is 1. The molecule has 2 N–H and O–H groups in total. The lowest BCUT2D eigenvalue weighted by atomic mass is 9.82. The third-order valence-corrected chi connectivity index (χ3v) is 5.54. The summed E-state index contributed by atoms with van der Waals surface area (Å²) in [6, 6.07) is 7.27. The highest BCUT2D eigenvalue weighted by Gasteiger charge is 2.34. The van der Waals surface area contributed by atoms with Gasteiger partial charge < -0.3 is 10.4 Å². The number of aliphatic carboxylic acids is 1. The van der Waals surface area contributed by atoms with Gasteiger partial charge in [0, 0.05) is 17.5 Å². The van der Waals surface area contributed by atoms with Crippen molar-refractivity contribution in [3.05, 3.63) is 51.5 Å². The van der Waals surface area contributed by atoms with Gasteiger partial charge in [0.15, 0.2) is 0 Å². The number of amides is 1. The van der Waals surface area contributed by atoms with Crippen LogP contribution in [0, 0.1) is 11.3 Å². The van der Waals surface area contributed by atoms with Gasteiger partial charge >= 0.3 is 5.97 Å². The number of aromatic nitrogens is 1. The molecule has 0 radical (unpaired) electrons. The summed E-state index contributed by atoms with van der Waals surface area (Å²) in [5, 5.41) is 15.3. The van der Waals surface area contributed by atoms with Crippen LogP contribution in [0.1, 0.15) is 73.6 Å². The van der Waals surface area contributed by atoms with E-state index in [0.717, 1.165) is 16.3 Å². The molecule has 1 aromatic carbocycles. The summed E-state index contributed by atoms with van der Waals surface area (Å²) >= 11 is 1.59. The Morgan fingerprint density at radius 3 is 2.55 bits per heavy atom. The average Bonchev–Trinajstić information content (AvgIpc) is 3.13. The highest BCUT2D eigenvalue weighted by Crippen LogP contribution is 2.26. The molecule has 0 bridgehead atoms. The molecule has 0 aliphatic heterocycles. The van der Waals surface area contributed by atoms with Crippen molar-refractivity contribution in [2.45, 2.75) is 47.0 Å². The number of nitrogens with one attached hydrogen (secondary N) is 1. The van der Waals surface area contributed by atoms with Gasteiger partial charge in [-0.25, -0.2) is 4.98 Å². The van der Waals surface area contributed by atoms with Crippen LogP contribution in [0.25, 0.3) is 12.2 Å². The van der Waals surface area contributed by atoms with Crippen LogP contribution in [-0.4, -0.2) is 28.5 Å². The SMILES string of the molecule is CC(C)CC(C)(CNC(=O)c1cccc(C=Cc2nc(C(C)C)cs2)c1)C(=O)O. The Bertz CT molecular complexity index is 886. The molecule has 2 rings (SSSR count). The number of nitrogens with zero attached hydrogens (tertiary/aromatic N) is 1. The van der Waals surface area contributed by atoms with Crippen LogP contribution < -0.4 is 5.32 Å². The molecular formula is C23H30N2O3S. The molecular weight excluding hydrogens is 384 g/mol. The van der Waals surface area contributed by atoms with E-state index in [2.05, 4.69) is 29.5 Å². The van der Waals surface area contributed by atoms with E-state index in [0.29, 0.717) is 17.9 Å². The molecule has 5 nitrogen and oxygen atoms in total. The molecule has 0 aliphatic rings. The van der Waals surface area contributed by atoms with Crippen molar-refractivity contribution >= 4 is 35.4 Å². The van der Waals surface area contributed by atoms with Crippen LogP contribution in [0.3, 0.4) is 0 Å². The molecule has 29 heavy (non-hydrogen) atoms. The molecule has 1 heterocycles. The Morgan fingerprint density at radius 2 is 1.97 bits per heavy atom. The van der Waals surface area contributed by atoms with E-state index in [-0.39, 0.29) is 18.4 Å². The monoisotopic (exact) mass is 414 g/mol. The first-order valence-corrected chi connectivity index (χ1v) is 10.7. The Morgan fingerprint density at radius 1 is 1.24 bits per heavy atom. The summed E-state index contributed by atoms with van der Waals surface area (Å²) in [5.74, 6) is -0.545. The molecule has 1 amide bonds. The molecule has 0 saturated carbocycles. The van der Waals surface area contributed by atoms with E-state index in [4.69, 9.17) is 0 Å². The second-order valence-corrected chi connectivity index (χ2v) is 9.26. The van der Waals surface area contributed by atoms with Gasteiger partial charge in [-0.1, -0.05) is 45.9 Å². The molecule has 1 atom stereocenters. The molecule has 0 fully saturated rings. The first-order valence-electron chi connectivity index (χ1n) is 9.86. The van der Waals surface area contributed by atoms with Crippen LogP contribution in [0.2, 0.25) is 0 Å². The molecule has 0 spiro atoms. The smallest absolute Gasteiger partial charge is 0.311 e. The van der Waals surface area contributed by atoms with Gasteiger partial charge in [-0.05, 0) is 49.0 Å². The minimum absolute atomic E-state index is 0.0938. The van der Waals surface area contributed by atoms with Crippen molar-refractivity contribution in [3.8, 4) is 0 Å². The maximum atomic E-state index is 12.6. The zero-order valence-electron chi connectivity index (χ0n) is 17.7. The van der Waals surface area contributed by atoms with Crippen molar-refractivity contribution in [2.75, 3.05) is 6.54 Å². The number of hydrogen-bond donors (Lipinski definition) is 2.